The van der Waals surface area contributed by atoms with Crippen LogP contribution in [-0.2, 0) is 6.61 Å². The smallest absolute Gasteiger partial charge is 0.274 e. The Labute approximate surface area is 161 Å². The van der Waals surface area contributed by atoms with Crippen molar-refractivity contribution in [3.05, 3.63) is 100 Å². The summed E-state index contributed by atoms with van der Waals surface area (Å²) in [5.41, 5.74) is 3.98. The molecule has 0 saturated heterocycles. The van der Waals surface area contributed by atoms with Gasteiger partial charge in [0.15, 0.2) is 0 Å². The molecule has 0 spiro atoms. The predicted octanol–water partition coefficient (Wildman–Crippen LogP) is 4.82. The lowest BCUT2D eigenvalue weighted by Gasteiger charge is -2.07. The third kappa shape index (κ3) is 5.39. The van der Waals surface area contributed by atoms with Crippen LogP contribution in [0.2, 0.25) is 5.02 Å². The number of hydrogen-bond acceptors (Lipinski definition) is 3. The molecule has 1 N–H and O–H groups in total. The Morgan fingerprint density at radius 1 is 1.07 bits per heavy atom. The van der Waals surface area contributed by atoms with E-state index in [2.05, 4.69) is 10.5 Å². The van der Waals surface area contributed by atoms with Gasteiger partial charge < -0.3 is 4.74 Å². The molecule has 0 heterocycles. The summed E-state index contributed by atoms with van der Waals surface area (Å²) >= 11 is 5.86. The van der Waals surface area contributed by atoms with Crippen LogP contribution in [0.3, 0.4) is 0 Å². The minimum absolute atomic E-state index is 0.0605. The number of hydrogen-bond donors (Lipinski definition) is 1. The third-order valence-electron chi connectivity index (χ3n) is 3.68. The van der Waals surface area contributed by atoms with Crippen LogP contribution >= 0.6 is 11.6 Å². The summed E-state index contributed by atoms with van der Waals surface area (Å²) in [4.78, 5) is 11.9. The number of carbonyl (C=O) groups excluding carboxylic acids is 1. The Balaban J connectivity index is 1.58. The lowest BCUT2D eigenvalue weighted by atomic mass is 10.2. The van der Waals surface area contributed by atoms with Crippen molar-refractivity contribution in [1.82, 2.24) is 5.43 Å². The Kier molecular flexibility index (Phi) is 6.18. The average molecular weight is 383 g/mol. The molecule has 3 aromatic carbocycles. The van der Waals surface area contributed by atoms with Crippen LogP contribution in [0.1, 0.15) is 21.5 Å². The molecule has 27 heavy (non-hydrogen) atoms. The number of benzene rings is 3. The van der Waals surface area contributed by atoms with Crippen LogP contribution < -0.4 is 10.2 Å². The number of hydrazone groups is 1. The number of nitrogens with one attached hydrogen (secondary N) is 1. The zero-order valence-corrected chi connectivity index (χ0v) is 15.0. The number of amides is 1. The average Bonchev–Trinajstić information content (AvgIpc) is 2.68. The van der Waals surface area contributed by atoms with E-state index < -0.39 is 11.7 Å². The monoisotopic (exact) mass is 382 g/mol. The number of rotatable bonds is 6. The predicted molar refractivity (Wildman–Crippen MR) is 104 cm³/mol. The molecule has 136 valence electrons. The van der Waals surface area contributed by atoms with Gasteiger partial charge in [-0.2, -0.15) is 5.10 Å². The van der Waals surface area contributed by atoms with Crippen LogP contribution in [0.5, 0.6) is 5.75 Å². The topological polar surface area (TPSA) is 50.7 Å². The molecular formula is C21H16ClFN2O2. The number of carbonyl (C=O) groups is 1. The Morgan fingerprint density at radius 2 is 1.85 bits per heavy atom. The van der Waals surface area contributed by atoms with Gasteiger partial charge in [-0.05, 0) is 47.5 Å². The highest BCUT2D eigenvalue weighted by Crippen LogP contribution is 2.16. The number of halogens is 2. The third-order valence-corrected chi connectivity index (χ3v) is 3.93. The molecule has 0 fully saturated rings. The van der Waals surface area contributed by atoms with Crippen molar-refractivity contribution in [3.63, 3.8) is 0 Å². The molecule has 0 aliphatic carbocycles. The Hall–Kier alpha value is -3.18. The highest BCUT2D eigenvalue weighted by Gasteiger charge is 2.09. The van der Waals surface area contributed by atoms with Gasteiger partial charge in [0, 0.05) is 5.02 Å². The lowest BCUT2D eigenvalue weighted by molar-refractivity contribution is 0.0951. The molecule has 6 heteroatoms. The molecule has 0 radical (unpaired) electrons. The van der Waals surface area contributed by atoms with E-state index in [4.69, 9.17) is 16.3 Å². The number of ether oxygens (including phenoxy) is 1. The van der Waals surface area contributed by atoms with E-state index >= 15 is 0 Å². The van der Waals surface area contributed by atoms with Gasteiger partial charge in [-0.3, -0.25) is 4.79 Å². The van der Waals surface area contributed by atoms with Crippen molar-refractivity contribution in [1.29, 1.82) is 0 Å². The van der Waals surface area contributed by atoms with E-state index in [-0.39, 0.29) is 5.56 Å². The molecule has 0 saturated carbocycles. The first-order chi connectivity index (χ1) is 13.1. The molecule has 1 amide bonds. The molecule has 3 rings (SSSR count). The van der Waals surface area contributed by atoms with Crippen LogP contribution in [0, 0.1) is 5.82 Å². The fraction of sp³-hybridized carbons (Fsp3) is 0.0476. The van der Waals surface area contributed by atoms with Gasteiger partial charge in [0.05, 0.1) is 11.8 Å². The largest absolute Gasteiger partial charge is 0.489 e. The maximum Gasteiger partial charge on any atom is 0.274 e. The summed E-state index contributed by atoms with van der Waals surface area (Å²) in [5.74, 6) is -0.545. The first-order valence-corrected chi connectivity index (χ1v) is 8.55. The van der Waals surface area contributed by atoms with Crippen molar-refractivity contribution in [2.75, 3.05) is 0 Å². The van der Waals surface area contributed by atoms with E-state index in [9.17, 15) is 9.18 Å². The quantitative estimate of drug-likeness (QED) is 0.490. The number of nitrogens with zero attached hydrogens (tertiary/aromatic N) is 1. The van der Waals surface area contributed by atoms with Gasteiger partial charge in [0.1, 0.15) is 18.2 Å². The zero-order valence-electron chi connectivity index (χ0n) is 14.2. The van der Waals surface area contributed by atoms with Gasteiger partial charge in [-0.15, -0.1) is 0 Å². The highest BCUT2D eigenvalue weighted by molar-refractivity contribution is 6.30. The fourth-order valence-corrected chi connectivity index (χ4v) is 2.43. The van der Waals surface area contributed by atoms with Crippen LogP contribution in [0.25, 0.3) is 0 Å². The van der Waals surface area contributed by atoms with Gasteiger partial charge in [0.2, 0.25) is 0 Å². The van der Waals surface area contributed by atoms with Gasteiger partial charge >= 0.3 is 0 Å². The van der Waals surface area contributed by atoms with E-state index in [1.807, 2.05) is 42.5 Å². The summed E-state index contributed by atoms with van der Waals surface area (Å²) in [7, 11) is 0. The lowest BCUT2D eigenvalue weighted by Crippen LogP contribution is -2.18. The van der Waals surface area contributed by atoms with E-state index in [0.717, 1.165) is 11.1 Å². The van der Waals surface area contributed by atoms with Crippen LogP contribution in [0.4, 0.5) is 4.39 Å². The molecule has 0 aliphatic rings. The molecule has 4 nitrogen and oxygen atoms in total. The minimum atomic E-state index is -0.612. The van der Waals surface area contributed by atoms with Gasteiger partial charge in [0.25, 0.3) is 5.91 Å². The summed E-state index contributed by atoms with van der Waals surface area (Å²) in [5, 5.41) is 4.54. The summed E-state index contributed by atoms with van der Waals surface area (Å²) < 4.78 is 19.3. The van der Waals surface area contributed by atoms with E-state index in [0.29, 0.717) is 17.4 Å². The summed E-state index contributed by atoms with van der Waals surface area (Å²) in [6.45, 7) is 0.405. The first-order valence-electron chi connectivity index (χ1n) is 8.17. The van der Waals surface area contributed by atoms with Gasteiger partial charge in [-0.25, -0.2) is 9.82 Å². The van der Waals surface area contributed by atoms with E-state index in [1.165, 1.54) is 24.4 Å². The Morgan fingerprint density at radius 3 is 2.63 bits per heavy atom. The highest BCUT2D eigenvalue weighted by atomic mass is 35.5. The van der Waals surface area contributed by atoms with Crippen molar-refractivity contribution < 1.29 is 13.9 Å². The summed E-state index contributed by atoms with van der Waals surface area (Å²) in [6, 6.07) is 20.4. The maximum atomic E-state index is 13.6. The molecule has 0 unspecified atom stereocenters. The van der Waals surface area contributed by atoms with Crippen molar-refractivity contribution >= 4 is 23.7 Å². The van der Waals surface area contributed by atoms with Gasteiger partial charge in [-0.1, -0.05) is 48.0 Å². The molecule has 0 aromatic heterocycles. The van der Waals surface area contributed by atoms with Crippen molar-refractivity contribution in [2.45, 2.75) is 6.61 Å². The normalized spacial score (nSPS) is 10.7. The van der Waals surface area contributed by atoms with Crippen molar-refractivity contribution in [3.8, 4) is 5.75 Å². The molecular weight excluding hydrogens is 367 g/mol. The molecule has 0 aliphatic heterocycles. The van der Waals surface area contributed by atoms with Crippen molar-refractivity contribution in [2.24, 2.45) is 5.10 Å². The second-order valence-electron chi connectivity index (χ2n) is 5.67. The van der Waals surface area contributed by atoms with Crippen LogP contribution in [-0.4, -0.2) is 12.1 Å². The second kappa shape index (κ2) is 8.96. The fourth-order valence-electron chi connectivity index (χ4n) is 2.30. The second-order valence-corrected chi connectivity index (χ2v) is 6.10. The molecule has 3 aromatic rings. The molecule has 0 bridgehead atoms. The zero-order chi connectivity index (χ0) is 19.1. The molecule has 0 atom stereocenters. The summed E-state index contributed by atoms with van der Waals surface area (Å²) in [6.07, 6.45) is 1.47. The minimum Gasteiger partial charge on any atom is -0.489 e. The van der Waals surface area contributed by atoms with E-state index in [1.54, 1.807) is 12.1 Å². The van der Waals surface area contributed by atoms with Crippen LogP contribution in [0.15, 0.2) is 77.9 Å². The SMILES string of the molecule is O=C(NN=Cc1cccc(OCc2ccc(Cl)cc2)c1)c1ccccc1F. The maximum absolute atomic E-state index is 13.6. The first kappa shape index (κ1) is 18.6. The standard InChI is InChI=1S/C21H16ClFN2O2/c22-17-10-8-15(9-11-17)14-27-18-5-3-4-16(12-18)13-24-25-21(26)19-6-1-2-7-20(19)23/h1-13H,14H2,(H,25,26). The Bertz CT molecular complexity index is 958.